The Hall–Kier alpha value is -3.69. The van der Waals surface area contributed by atoms with Gasteiger partial charge in [0.05, 0.1) is 5.69 Å². The Kier molecular flexibility index (Phi) is 10.5. The first-order valence-electron chi connectivity index (χ1n) is 14.2. The molecule has 3 aromatic carbocycles. The van der Waals surface area contributed by atoms with Crippen molar-refractivity contribution in [1.82, 2.24) is 14.5 Å². The summed E-state index contributed by atoms with van der Waals surface area (Å²) in [6.45, 7) is -0.279. The summed E-state index contributed by atoms with van der Waals surface area (Å²) in [5, 5.41) is 3.22. The van der Waals surface area contributed by atoms with Crippen molar-refractivity contribution in [3.05, 3.63) is 102 Å². The first-order chi connectivity index (χ1) is 19.8. The number of hydrogen-bond donors (Lipinski definition) is 1. The fraction of sp³-hybridized carbons (Fsp3) is 0.375. The molecule has 0 spiro atoms. The van der Waals surface area contributed by atoms with Gasteiger partial charge in [-0.1, -0.05) is 98.1 Å². The van der Waals surface area contributed by atoms with Crippen LogP contribution in [0.4, 0.5) is 5.69 Å². The molecule has 1 aliphatic rings. The summed E-state index contributed by atoms with van der Waals surface area (Å²) in [7, 11) is -1.13. The molecule has 0 unspecified atom stereocenters. The summed E-state index contributed by atoms with van der Waals surface area (Å²) in [4.78, 5) is 29.8. The van der Waals surface area contributed by atoms with Crippen LogP contribution in [0.25, 0.3) is 0 Å². The summed E-state index contributed by atoms with van der Waals surface area (Å²) in [5.74, 6) is -0.672. The Morgan fingerprint density at radius 1 is 0.805 bits per heavy atom. The molecule has 0 saturated heterocycles. The highest BCUT2D eigenvalue weighted by atomic mass is 32.2. The van der Waals surface area contributed by atoms with Crippen LogP contribution < -0.4 is 9.62 Å². The van der Waals surface area contributed by atoms with E-state index < -0.39 is 28.7 Å². The van der Waals surface area contributed by atoms with Crippen LogP contribution in [0.1, 0.15) is 43.2 Å². The van der Waals surface area contributed by atoms with Crippen molar-refractivity contribution >= 4 is 27.7 Å². The molecule has 1 N–H and O–H groups in total. The molecule has 0 heterocycles. The molecule has 0 aromatic heterocycles. The van der Waals surface area contributed by atoms with Gasteiger partial charge in [-0.15, -0.1) is 0 Å². The van der Waals surface area contributed by atoms with Crippen molar-refractivity contribution in [3.8, 4) is 0 Å². The molecule has 2 amide bonds. The third kappa shape index (κ3) is 8.17. The lowest BCUT2D eigenvalue weighted by atomic mass is 9.94. The van der Waals surface area contributed by atoms with Gasteiger partial charge in [-0.25, -0.2) is 4.31 Å². The maximum Gasteiger partial charge on any atom is 0.304 e. The quantitative estimate of drug-likeness (QED) is 0.346. The third-order valence-corrected chi connectivity index (χ3v) is 9.30. The molecule has 0 aliphatic heterocycles. The molecule has 8 nitrogen and oxygen atoms in total. The van der Waals surface area contributed by atoms with Gasteiger partial charge in [0, 0.05) is 33.1 Å². The number of carbonyl (C=O) groups is 2. The number of hydrogen-bond acceptors (Lipinski definition) is 4. The Morgan fingerprint density at radius 2 is 1.34 bits per heavy atom. The highest BCUT2D eigenvalue weighted by Gasteiger charge is 2.35. The van der Waals surface area contributed by atoms with Crippen LogP contribution >= 0.6 is 0 Å². The minimum atomic E-state index is -4.00. The van der Waals surface area contributed by atoms with E-state index in [1.165, 1.54) is 14.1 Å². The first-order valence-corrected chi connectivity index (χ1v) is 15.6. The van der Waals surface area contributed by atoms with E-state index in [0.29, 0.717) is 12.1 Å². The monoisotopic (exact) mass is 576 g/mol. The molecule has 218 valence electrons. The highest BCUT2D eigenvalue weighted by Crippen LogP contribution is 2.23. The topological polar surface area (TPSA) is 90.0 Å². The predicted octanol–water partition coefficient (Wildman–Crippen LogP) is 4.39. The van der Waals surface area contributed by atoms with Gasteiger partial charge in [-0.3, -0.25) is 9.59 Å². The minimum absolute atomic E-state index is 0.0677. The summed E-state index contributed by atoms with van der Waals surface area (Å²) in [6.07, 6.45) is 5.43. The number of amides is 2. The van der Waals surface area contributed by atoms with E-state index in [0.717, 1.165) is 51.8 Å². The van der Waals surface area contributed by atoms with Gasteiger partial charge in [0.1, 0.15) is 12.6 Å². The molecular weight excluding hydrogens is 536 g/mol. The van der Waals surface area contributed by atoms with E-state index in [1.807, 2.05) is 60.7 Å². The van der Waals surface area contributed by atoms with Gasteiger partial charge >= 0.3 is 10.2 Å². The maximum absolute atomic E-state index is 14.3. The highest BCUT2D eigenvalue weighted by molar-refractivity contribution is 7.90. The van der Waals surface area contributed by atoms with Crippen LogP contribution in [0.5, 0.6) is 0 Å². The van der Waals surface area contributed by atoms with Crippen LogP contribution in [0.2, 0.25) is 0 Å². The third-order valence-electron chi connectivity index (χ3n) is 7.48. The number of nitrogens with zero attached hydrogens (tertiary/aromatic N) is 3. The zero-order valence-electron chi connectivity index (χ0n) is 23.9. The molecular formula is C32H40N4O4S. The molecule has 1 fully saturated rings. The van der Waals surface area contributed by atoms with Crippen LogP contribution in [-0.2, 0) is 32.8 Å². The molecule has 3 aromatic rings. The minimum Gasteiger partial charge on any atom is -0.352 e. The molecule has 0 bridgehead atoms. The fourth-order valence-electron chi connectivity index (χ4n) is 5.19. The molecule has 41 heavy (non-hydrogen) atoms. The van der Waals surface area contributed by atoms with E-state index in [9.17, 15) is 18.0 Å². The largest absolute Gasteiger partial charge is 0.352 e. The first kappa shape index (κ1) is 30.3. The van der Waals surface area contributed by atoms with Crippen LogP contribution in [0, 0.1) is 0 Å². The van der Waals surface area contributed by atoms with Crippen molar-refractivity contribution in [2.75, 3.05) is 24.9 Å². The Bertz CT molecular complexity index is 1360. The summed E-state index contributed by atoms with van der Waals surface area (Å²) in [6, 6.07) is 26.9. The number of nitrogens with one attached hydrogen (secondary N) is 1. The Balaban J connectivity index is 1.72. The van der Waals surface area contributed by atoms with Gasteiger partial charge in [0.25, 0.3) is 0 Å². The van der Waals surface area contributed by atoms with Crippen molar-refractivity contribution in [3.63, 3.8) is 0 Å². The molecule has 1 aliphatic carbocycles. The molecule has 1 atom stereocenters. The second-order valence-corrected chi connectivity index (χ2v) is 12.8. The molecule has 4 rings (SSSR count). The van der Waals surface area contributed by atoms with Gasteiger partial charge < -0.3 is 10.2 Å². The van der Waals surface area contributed by atoms with E-state index in [-0.39, 0.29) is 18.5 Å². The van der Waals surface area contributed by atoms with Crippen LogP contribution in [0.3, 0.4) is 0 Å². The summed E-state index contributed by atoms with van der Waals surface area (Å²) >= 11 is 0. The normalized spacial score (nSPS) is 14.8. The van der Waals surface area contributed by atoms with E-state index in [4.69, 9.17) is 0 Å². The summed E-state index contributed by atoms with van der Waals surface area (Å²) in [5.41, 5.74) is 2.15. The van der Waals surface area contributed by atoms with Crippen molar-refractivity contribution < 1.29 is 18.0 Å². The lowest BCUT2D eigenvalue weighted by Crippen LogP contribution is -2.55. The number of benzene rings is 3. The smallest absolute Gasteiger partial charge is 0.304 e. The Labute approximate surface area is 244 Å². The van der Waals surface area contributed by atoms with E-state index in [1.54, 1.807) is 35.2 Å². The van der Waals surface area contributed by atoms with Gasteiger partial charge in [-0.2, -0.15) is 12.7 Å². The number of rotatable bonds is 12. The number of anilines is 1. The average molecular weight is 577 g/mol. The second-order valence-electron chi connectivity index (χ2n) is 10.7. The average Bonchev–Trinajstić information content (AvgIpc) is 2.99. The van der Waals surface area contributed by atoms with Crippen molar-refractivity contribution in [1.29, 1.82) is 0 Å². The lowest BCUT2D eigenvalue weighted by Gasteiger charge is -2.35. The maximum atomic E-state index is 14.3. The van der Waals surface area contributed by atoms with Gasteiger partial charge in [-0.05, 0) is 36.1 Å². The summed E-state index contributed by atoms with van der Waals surface area (Å²) < 4.78 is 29.0. The predicted molar refractivity (Wildman–Crippen MR) is 162 cm³/mol. The van der Waals surface area contributed by atoms with E-state index in [2.05, 4.69) is 5.32 Å². The van der Waals surface area contributed by atoms with E-state index >= 15 is 0 Å². The second kappa shape index (κ2) is 14.3. The van der Waals surface area contributed by atoms with Crippen molar-refractivity contribution in [2.45, 2.75) is 57.2 Å². The number of para-hydroxylation sites is 1. The Morgan fingerprint density at radius 3 is 1.90 bits per heavy atom. The van der Waals surface area contributed by atoms with Crippen LogP contribution in [-0.4, -0.2) is 62.2 Å². The molecule has 0 radical (unpaired) electrons. The zero-order valence-corrected chi connectivity index (χ0v) is 24.7. The SMILES string of the molecule is CN(C)S(=O)(=O)N(CC(=O)N(Cc1ccccc1)[C@@H](Cc1ccccc1)C(=O)NC1CCCCC1)c1ccccc1. The molecule has 1 saturated carbocycles. The van der Waals surface area contributed by atoms with Crippen LogP contribution in [0.15, 0.2) is 91.0 Å². The molecule has 9 heteroatoms. The standard InChI is InChI=1S/C32H40N4O4S/c1-34(2)41(39,40)36(29-21-13-6-14-22-29)25-31(37)35(24-27-17-9-4-10-18-27)30(23-26-15-7-3-8-16-26)32(38)33-28-19-11-5-12-20-28/h3-4,6-10,13-18,21-22,28,30H,5,11-12,19-20,23-25H2,1-2H3,(H,33,38)/t30-/m0/s1. The van der Waals surface area contributed by atoms with Gasteiger partial charge in [0.15, 0.2) is 0 Å². The zero-order chi connectivity index (χ0) is 29.2. The lowest BCUT2D eigenvalue weighted by molar-refractivity contribution is -0.140. The fourth-order valence-corrected chi connectivity index (χ4v) is 6.25. The van der Waals surface area contributed by atoms with Gasteiger partial charge in [0.2, 0.25) is 11.8 Å². The number of carbonyl (C=O) groups excluding carboxylic acids is 2. The van der Waals surface area contributed by atoms with Crippen molar-refractivity contribution in [2.24, 2.45) is 0 Å².